The molecule has 3 nitrogen and oxygen atoms in total. The van der Waals surface area contributed by atoms with Crippen LogP contribution in [0.1, 0.15) is 23.6 Å². The third-order valence-electron chi connectivity index (χ3n) is 3.41. The van der Waals surface area contributed by atoms with Gasteiger partial charge in [-0.1, -0.05) is 54.6 Å². The number of rotatable bonds is 5. The van der Waals surface area contributed by atoms with Crippen LogP contribution in [0.4, 0.5) is 0 Å². The third-order valence-corrected chi connectivity index (χ3v) is 3.41. The van der Waals surface area contributed by atoms with Gasteiger partial charge >= 0.3 is 0 Å². The van der Waals surface area contributed by atoms with Gasteiger partial charge in [-0.3, -0.25) is 4.79 Å². The summed E-state index contributed by atoms with van der Waals surface area (Å²) in [5.74, 6) is -0.481. The zero-order valence-electron chi connectivity index (χ0n) is 11.7. The van der Waals surface area contributed by atoms with Crippen molar-refractivity contribution < 1.29 is 4.79 Å². The van der Waals surface area contributed by atoms with E-state index in [0.717, 1.165) is 12.0 Å². The molecule has 0 saturated heterocycles. The summed E-state index contributed by atoms with van der Waals surface area (Å²) in [6, 6.07) is 18.5. The lowest BCUT2D eigenvalue weighted by molar-refractivity contribution is -0.122. The van der Waals surface area contributed by atoms with E-state index in [4.69, 9.17) is 11.5 Å². The van der Waals surface area contributed by atoms with E-state index >= 15 is 0 Å². The molecule has 0 bridgehead atoms. The highest BCUT2D eigenvalue weighted by molar-refractivity contribution is 5.84. The van der Waals surface area contributed by atoms with E-state index in [-0.39, 0.29) is 0 Å². The zero-order chi connectivity index (χ0) is 14.6. The monoisotopic (exact) mass is 268 g/mol. The van der Waals surface area contributed by atoms with Gasteiger partial charge in [-0.25, -0.2) is 0 Å². The Bertz CT molecular complexity index is 574. The molecule has 2 aromatic carbocycles. The van der Waals surface area contributed by atoms with Crippen LogP contribution in [-0.2, 0) is 17.6 Å². The van der Waals surface area contributed by atoms with E-state index in [2.05, 4.69) is 24.3 Å². The van der Waals surface area contributed by atoms with Crippen LogP contribution in [0.2, 0.25) is 0 Å². The minimum Gasteiger partial charge on any atom is -0.368 e. The number of carbonyl (C=O) groups excluding carboxylic acids is 1. The second-order valence-electron chi connectivity index (χ2n) is 5.44. The average molecular weight is 268 g/mol. The SMILES string of the molecule is CC(N)(Cc1ccc(Cc2ccccc2)cc1)C(N)=O. The van der Waals surface area contributed by atoms with Gasteiger partial charge in [0.1, 0.15) is 0 Å². The quantitative estimate of drug-likeness (QED) is 0.871. The van der Waals surface area contributed by atoms with Crippen LogP contribution in [0.25, 0.3) is 0 Å². The Hall–Kier alpha value is -2.13. The van der Waals surface area contributed by atoms with Crippen LogP contribution in [0, 0.1) is 0 Å². The Labute approximate surface area is 119 Å². The fraction of sp³-hybridized carbons (Fsp3) is 0.235. The molecule has 0 heterocycles. The summed E-state index contributed by atoms with van der Waals surface area (Å²) < 4.78 is 0. The van der Waals surface area contributed by atoms with Crippen LogP contribution in [0.15, 0.2) is 54.6 Å². The Kier molecular flexibility index (Phi) is 4.20. The number of amides is 1. The van der Waals surface area contributed by atoms with Crippen molar-refractivity contribution in [1.29, 1.82) is 0 Å². The number of nitrogens with two attached hydrogens (primary N) is 2. The molecule has 4 N–H and O–H groups in total. The van der Waals surface area contributed by atoms with Gasteiger partial charge in [0.2, 0.25) is 5.91 Å². The highest BCUT2D eigenvalue weighted by Crippen LogP contribution is 2.14. The summed E-state index contributed by atoms with van der Waals surface area (Å²) in [6.45, 7) is 1.66. The van der Waals surface area contributed by atoms with Crippen molar-refractivity contribution in [2.45, 2.75) is 25.3 Å². The topological polar surface area (TPSA) is 69.1 Å². The molecule has 0 fully saturated rings. The maximum atomic E-state index is 11.2. The summed E-state index contributed by atoms with van der Waals surface area (Å²) >= 11 is 0. The first-order valence-corrected chi connectivity index (χ1v) is 6.68. The summed E-state index contributed by atoms with van der Waals surface area (Å²) in [5.41, 5.74) is 13.7. The fourth-order valence-corrected chi connectivity index (χ4v) is 2.12. The van der Waals surface area contributed by atoms with Gasteiger partial charge in [0.25, 0.3) is 0 Å². The Morgan fingerprint density at radius 1 is 0.950 bits per heavy atom. The molecule has 0 spiro atoms. The fourth-order valence-electron chi connectivity index (χ4n) is 2.12. The number of carbonyl (C=O) groups is 1. The van der Waals surface area contributed by atoms with Gasteiger partial charge < -0.3 is 11.5 Å². The molecule has 2 aromatic rings. The first-order valence-electron chi connectivity index (χ1n) is 6.68. The summed E-state index contributed by atoms with van der Waals surface area (Å²) in [5, 5.41) is 0. The van der Waals surface area contributed by atoms with E-state index in [1.807, 2.05) is 30.3 Å². The van der Waals surface area contributed by atoms with Crippen molar-refractivity contribution in [3.8, 4) is 0 Å². The lowest BCUT2D eigenvalue weighted by Gasteiger charge is -2.20. The van der Waals surface area contributed by atoms with E-state index in [1.165, 1.54) is 11.1 Å². The van der Waals surface area contributed by atoms with E-state index in [1.54, 1.807) is 6.92 Å². The molecule has 0 aliphatic carbocycles. The van der Waals surface area contributed by atoms with E-state index in [0.29, 0.717) is 6.42 Å². The van der Waals surface area contributed by atoms with Crippen LogP contribution < -0.4 is 11.5 Å². The maximum Gasteiger partial charge on any atom is 0.237 e. The third kappa shape index (κ3) is 3.68. The lowest BCUT2D eigenvalue weighted by Crippen LogP contribution is -2.51. The molecule has 104 valence electrons. The number of primary amides is 1. The summed E-state index contributed by atoms with van der Waals surface area (Å²) in [4.78, 5) is 11.2. The lowest BCUT2D eigenvalue weighted by atomic mass is 9.92. The highest BCUT2D eigenvalue weighted by atomic mass is 16.1. The van der Waals surface area contributed by atoms with Crippen LogP contribution in [0.3, 0.4) is 0 Å². The predicted molar refractivity (Wildman–Crippen MR) is 81.2 cm³/mol. The van der Waals surface area contributed by atoms with Crippen molar-refractivity contribution in [2.24, 2.45) is 11.5 Å². The predicted octanol–water partition coefficient (Wildman–Crippen LogP) is 2.02. The molecule has 1 unspecified atom stereocenters. The largest absolute Gasteiger partial charge is 0.368 e. The molecule has 1 atom stereocenters. The molecule has 0 aliphatic heterocycles. The van der Waals surface area contributed by atoms with Crippen LogP contribution in [-0.4, -0.2) is 11.4 Å². The average Bonchev–Trinajstić information content (AvgIpc) is 2.42. The minimum atomic E-state index is -0.999. The van der Waals surface area contributed by atoms with Crippen LogP contribution in [0.5, 0.6) is 0 Å². The molecule has 3 heteroatoms. The maximum absolute atomic E-state index is 11.2. The first kappa shape index (κ1) is 14.3. The molecular weight excluding hydrogens is 248 g/mol. The minimum absolute atomic E-state index is 0.452. The Morgan fingerprint density at radius 3 is 2.00 bits per heavy atom. The summed E-state index contributed by atoms with van der Waals surface area (Å²) in [7, 11) is 0. The van der Waals surface area contributed by atoms with E-state index in [9.17, 15) is 4.79 Å². The second-order valence-corrected chi connectivity index (χ2v) is 5.44. The molecule has 0 radical (unpaired) electrons. The van der Waals surface area contributed by atoms with Gasteiger partial charge in [0.15, 0.2) is 0 Å². The number of hydrogen-bond donors (Lipinski definition) is 2. The van der Waals surface area contributed by atoms with Crippen molar-refractivity contribution in [3.05, 3.63) is 71.3 Å². The molecule has 0 aliphatic rings. The molecule has 2 rings (SSSR count). The second kappa shape index (κ2) is 5.88. The normalized spacial score (nSPS) is 13.7. The Morgan fingerprint density at radius 2 is 1.45 bits per heavy atom. The van der Waals surface area contributed by atoms with Gasteiger partial charge in [-0.05, 0) is 36.5 Å². The van der Waals surface area contributed by atoms with Crippen molar-refractivity contribution >= 4 is 5.91 Å². The zero-order valence-corrected chi connectivity index (χ0v) is 11.7. The first-order chi connectivity index (χ1) is 9.47. The van der Waals surface area contributed by atoms with Crippen molar-refractivity contribution in [3.63, 3.8) is 0 Å². The molecule has 20 heavy (non-hydrogen) atoms. The molecule has 1 amide bonds. The van der Waals surface area contributed by atoms with Crippen molar-refractivity contribution in [2.75, 3.05) is 0 Å². The highest BCUT2D eigenvalue weighted by Gasteiger charge is 2.25. The number of hydrogen-bond acceptors (Lipinski definition) is 2. The van der Waals surface area contributed by atoms with Gasteiger partial charge in [0.05, 0.1) is 5.54 Å². The Balaban J connectivity index is 2.05. The van der Waals surface area contributed by atoms with Crippen LogP contribution >= 0.6 is 0 Å². The van der Waals surface area contributed by atoms with Crippen molar-refractivity contribution in [1.82, 2.24) is 0 Å². The van der Waals surface area contributed by atoms with Gasteiger partial charge in [-0.2, -0.15) is 0 Å². The van der Waals surface area contributed by atoms with Gasteiger partial charge in [0, 0.05) is 0 Å². The molecular formula is C17H20N2O. The number of benzene rings is 2. The summed E-state index contributed by atoms with van der Waals surface area (Å²) in [6.07, 6.45) is 1.35. The van der Waals surface area contributed by atoms with E-state index < -0.39 is 11.4 Å². The smallest absolute Gasteiger partial charge is 0.237 e. The molecule has 0 aromatic heterocycles. The standard InChI is InChI=1S/C17H20N2O/c1-17(19,16(18)20)12-15-9-7-14(8-10-15)11-13-5-3-2-4-6-13/h2-10H,11-12,19H2,1H3,(H2,18,20). The van der Waals surface area contributed by atoms with Gasteiger partial charge in [-0.15, -0.1) is 0 Å². The molecule has 0 saturated carbocycles.